The number of fused-ring (bicyclic) bond motifs is 4. The number of benzene rings is 2. The zero-order valence-corrected chi connectivity index (χ0v) is 21.5. The molecule has 1 aromatic heterocycles. The number of thioether (sulfide) groups is 1. The van der Waals surface area contributed by atoms with Crippen molar-refractivity contribution in [1.29, 1.82) is 0 Å². The minimum absolute atomic E-state index is 0.392. The molecule has 0 spiro atoms. The molecule has 0 saturated heterocycles. The van der Waals surface area contributed by atoms with Crippen molar-refractivity contribution in [2.24, 2.45) is 0 Å². The van der Waals surface area contributed by atoms with Crippen molar-refractivity contribution in [3.05, 3.63) is 91.4 Å². The van der Waals surface area contributed by atoms with Crippen LogP contribution in [0.4, 0.5) is 13.2 Å². The lowest BCUT2D eigenvalue weighted by Crippen LogP contribution is -2.62. The number of aromatic nitrogens is 1. The predicted octanol–water partition coefficient (Wildman–Crippen LogP) is 4.62. The molecule has 2 aliphatic heterocycles. The third-order valence-corrected chi connectivity index (χ3v) is 8.93. The summed E-state index contributed by atoms with van der Waals surface area (Å²) in [4.78, 5) is 40.0. The molecule has 2 aromatic carbocycles. The molecule has 3 heterocycles. The lowest BCUT2D eigenvalue weighted by Gasteiger charge is -2.46. The van der Waals surface area contributed by atoms with Crippen LogP contribution in [0.25, 0.3) is 0 Å². The molecule has 1 N–H and O–H groups in total. The van der Waals surface area contributed by atoms with E-state index in [0.29, 0.717) is 15.7 Å². The van der Waals surface area contributed by atoms with Crippen LogP contribution in [0.5, 0.6) is 5.75 Å². The zero-order chi connectivity index (χ0) is 27.3. The molecule has 38 heavy (non-hydrogen) atoms. The fourth-order valence-corrected chi connectivity index (χ4v) is 6.96. The van der Waals surface area contributed by atoms with E-state index in [1.54, 1.807) is 12.1 Å². The van der Waals surface area contributed by atoms with E-state index in [0.717, 1.165) is 47.2 Å². The second kappa shape index (κ2) is 8.03. The van der Waals surface area contributed by atoms with Gasteiger partial charge in [0.15, 0.2) is 17.2 Å². The molecule has 3 aromatic rings. The van der Waals surface area contributed by atoms with Gasteiger partial charge in [0.1, 0.15) is 18.2 Å². The first-order valence-electron chi connectivity index (χ1n) is 11.6. The number of pyridine rings is 1. The summed E-state index contributed by atoms with van der Waals surface area (Å²) in [5, 5.41) is 12.8. The summed E-state index contributed by atoms with van der Waals surface area (Å²) in [5.74, 6) is -2.41. The highest BCUT2D eigenvalue weighted by Crippen LogP contribution is 2.63. The summed E-state index contributed by atoms with van der Waals surface area (Å²) in [5.41, 5.74) is -0.202. The second-order valence-corrected chi connectivity index (χ2v) is 10.9. The van der Waals surface area contributed by atoms with Crippen molar-refractivity contribution in [1.82, 2.24) is 9.58 Å². The van der Waals surface area contributed by atoms with Crippen molar-refractivity contribution >= 4 is 35.1 Å². The van der Waals surface area contributed by atoms with Gasteiger partial charge in [0, 0.05) is 33.0 Å². The summed E-state index contributed by atoms with van der Waals surface area (Å²) in [6.07, 6.45) is -3.65. The van der Waals surface area contributed by atoms with Crippen molar-refractivity contribution in [3.63, 3.8) is 0 Å². The van der Waals surface area contributed by atoms with Crippen LogP contribution in [-0.4, -0.2) is 45.3 Å². The quantitative estimate of drug-likeness (QED) is 0.470. The van der Waals surface area contributed by atoms with E-state index >= 15 is 0 Å². The Balaban J connectivity index is 1.69. The number of halogens is 4. The third-order valence-electron chi connectivity index (χ3n) is 7.48. The molecule has 12 heteroatoms. The predicted molar refractivity (Wildman–Crippen MR) is 134 cm³/mol. The van der Waals surface area contributed by atoms with E-state index in [9.17, 15) is 32.7 Å². The number of hydrogen-bond acceptors (Lipinski definition) is 6. The molecule has 1 unspecified atom stereocenters. The monoisotopic (exact) mass is 561 g/mol. The number of amides is 1. The Kier molecular flexibility index (Phi) is 5.26. The van der Waals surface area contributed by atoms with E-state index in [4.69, 9.17) is 11.6 Å². The number of nitrogens with zero attached hydrogens (tertiary/aromatic N) is 3. The maximum atomic E-state index is 13.9. The first kappa shape index (κ1) is 24.9. The highest BCUT2D eigenvalue weighted by molar-refractivity contribution is 7.98. The molecule has 1 amide bonds. The van der Waals surface area contributed by atoms with Crippen LogP contribution in [-0.2, 0) is 11.3 Å². The second-order valence-electron chi connectivity index (χ2n) is 9.45. The average molecular weight is 562 g/mol. The molecule has 6 rings (SSSR count). The van der Waals surface area contributed by atoms with Crippen LogP contribution in [0.1, 0.15) is 56.9 Å². The molecule has 0 radical (unpaired) electrons. The SMILES string of the molecule is CC(=O)c1cn2c(c(O)c1=O)C(=O)N([C@H](C)C(F)(F)F)CN2C12c3ccccc3SCc3c(Cl)ccc1c32. The van der Waals surface area contributed by atoms with Gasteiger partial charge < -0.3 is 10.0 Å². The summed E-state index contributed by atoms with van der Waals surface area (Å²) in [6, 6.07) is 8.69. The van der Waals surface area contributed by atoms with Gasteiger partial charge >= 0.3 is 6.18 Å². The normalized spacial score (nSPS) is 20.3. The highest BCUT2D eigenvalue weighted by atomic mass is 35.5. The number of carbonyl (C=O) groups excluding carboxylic acids is 2. The van der Waals surface area contributed by atoms with Crippen LogP contribution >= 0.6 is 23.4 Å². The average Bonchev–Trinajstić information content (AvgIpc) is 3.56. The molecule has 7 nitrogen and oxygen atoms in total. The minimum Gasteiger partial charge on any atom is -0.502 e. The largest absolute Gasteiger partial charge is 0.502 e. The fourth-order valence-electron chi connectivity index (χ4n) is 5.51. The van der Waals surface area contributed by atoms with Crippen LogP contribution in [0, 0.1) is 0 Å². The van der Waals surface area contributed by atoms with Gasteiger partial charge in [-0.1, -0.05) is 35.9 Å². The Labute approximate surface area is 223 Å². The number of rotatable bonds is 3. The Morgan fingerprint density at radius 1 is 1.16 bits per heavy atom. The van der Waals surface area contributed by atoms with Gasteiger partial charge in [0.25, 0.3) is 5.91 Å². The Bertz CT molecular complexity index is 1640. The number of ketones is 1. The summed E-state index contributed by atoms with van der Waals surface area (Å²) in [7, 11) is 0. The molecule has 2 atom stereocenters. The van der Waals surface area contributed by atoms with Crippen molar-refractivity contribution < 1.29 is 27.9 Å². The lowest BCUT2D eigenvalue weighted by atomic mass is 9.98. The lowest BCUT2D eigenvalue weighted by molar-refractivity contribution is -0.173. The Morgan fingerprint density at radius 2 is 1.87 bits per heavy atom. The van der Waals surface area contributed by atoms with Gasteiger partial charge in [-0.15, -0.1) is 11.8 Å². The number of hydrogen-bond donors (Lipinski definition) is 1. The molecule has 0 fully saturated rings. The van der Waals surface area contributed by atoms with Gasteiger partial charge in [0.05, 0.1) is 5.56 Å². The van der Waals surface area contributed by atoms with Gasteiger partial charge in [-0.25, -0.2) is 0 Å². The minimum atomic E-state index is -4.78. The van der Waals surface area contributed by atoms with E-state index in [-0.39, 0.29) is 0 Å². The first-order valence-corrected chi connectivity index (χ1v) is 13.0. The van der Waals surface area contributed by atoms with Crippen LogP contribution < -0.4 is 10.4 Å². The van der Waals surface area contributed by atoms with Crippen LogP contribution in [0.2, 0.25) is 5.02 Å². The number of Topliss-reactive ketones (excluding diaryl/α,β-unsaturated/α-hetero) is 1. The van der Waals surface area contributed by atoms with Crippen molar-refractivity contribution in [3.8, 4) is 5.75 Å². The fraction of sp³-hybridized carbons (Fsp3) is 0.269. The van der Waals surface area contributed by atoms with E-state index in [1.807, 2.05) is 24.3 Å². The third kappa shape index (κ3) is 3.14. The topological polar surface area (TPSA) is 82.8 Å². The van der Waals surface area contributed by atoms with Gasteiger partial charge in [-0.2, -0.15) is 13.2 Å². The number of alkyl halides is 3. The molecule has 0 saturated carbocycles. The summed E-state index contributed by atoms with van der Waals surface area (Å²) < 4.78 is 43.0. The molecule has 196 valence electrons. The maximum Gasteiger partial charge on any atom is 0.408 e. The molecule has 0 bridgehead atoms. The highest BCUT2D eigenvalue weighted by Gasteiger charge is 2.63. The van der Waals surface area contributed by atoms with Crippen LogP contribution in [0.3, 0.4) is 0 Å². The van der Waals surface area contributed by atoms with E-state index in [1.165, 1.54) is 21.4 Å². The zero-order valence-electron chi connectivity index (χ0n) is 20.0. The smallest absolute Gasteiger partial charge is 0.408 e. The number of carbonyl (C=O) groups is 2. The molecule has 1 aliphatic carbocycles. The Hall–Kier alpha value is -3.44. The van der Waals surface area contributed by atoms with Crippen molar-refractivity contribution in [2.45, 2.75) is 42.3 Å². The van der Waals surface area contributed by atoms with Gasteiger partial charge in [-0.05, 0) is 37.1 Å². The van der Waals surface area contributed by atoms with E-state index < -0.39 is 58.6 Å². The van der Waals surface area contributed by atoms with E-state index in [2.05, 4.69) is 0 Å². The first-order chi connectivity index (χ1) is 17.9. The summed E-state index contributed by atoms with van der Waals surface area (Å²) >= 11 is 8.10. The maximum absolute atomic E-state index is 13.9. The van der Waals surface area contributed by atoms with Crippen LogP contribution in [0.15, 0.2) is 52.3 Å². The number of aromatic hydroxyl groups is 1. The standard InChI is InChI=1S/C26H19ClF3N3O4S/c1-12(34)14-9-32-21(23(36)22(14)35)24(37)31(13(2)26(28,29)30)11-33(32)25-16-5-3-4-6-19(16)38-10-15-18(27)8-7-17(25)20(15)25/h3-9,13,36H,10-11H2,1-2H3/t13-,25?/m1/s1. The molecular formula is C26H19ClF3N3O4S. The molecule has 3 aliphatic rings. The molecular weight excluding hydrogens is 543 g/mol. The Morgan fingerprint density at radius 3 is 2.55 bits per heavy atom. The van der Waals surface area contributed by atoms with Gasteiger partial charge in [-0.3, -0.25) is 24.1 Å². The summed E-state index contributed by atoms with van der Waals surface area (Å²) in [6.45, 7) is 1.44. The van der Waals surface area contributed by atoms with Gasteiger partial charge in [0.2, 0.25) is 5.43 Å². The van der Waals surface area contributed by atoms with Crippen molar-refractivity contribution in [2.75, 3.05) is 11.7 Å².